The quantitative estimate of drug-likeness (QED) is 0.648. The van der Waals surface area contributed by atoms with E-state index >= 15 is 0 Å². The zero-order valence-electron chi connectivity index (χ0n) is 14.7. The zero-order chi connectivity index (χ0) is 17.9. The van der Waals surface area contributed by atoms with Gasteiger partial charge in [-0.15, -0.1) is 0 Å². The van der Waals surface area contributed by atoms with Crippen molar-refractivity contribution in [3.63, 3.8) is 0 Å². The van der Waals surface area contributed by atoms with Gasteiger partial charge in [0.15, 0.2) is 0 Å². The Morgan fingerprint density at radius 2 is 1.81 bits per heavy atom. The molecular formula is C22H23NO2S. The minimum Gasteiger partial charge on any atom is -0.481 e. The fourth-order valence-corrected chi connectivity index (χ4v) is 5.26. The molecule has 1 fully saturated rings. The van der Waals surface area contributed by atoms with Crippen LogP contribution >= 0.6 is 11.8 Å². The van der Waals surface area contributed by atoms with Crippen molar-refractivity contribution in [3.05, 3.63) is 66.4 Å². The highest BCUT2D eigenvalue weighted by molar-refractivity contribution is 7.99. The van der Waals surface area contributed by atoms with E-state index in [0.29, 0.717) is 0 Å². The van der Waals surface area contributed by atoms with Crippen LogP contribution in [0.4, 0.5) is 0 Å². The minimum absolute atomic E-state index is 0.181. The van der Waals surface area contributed by atoms with Gasteiger partial charge in [0, 0.05) is 22.9 Å². The van der Waals surface area contributed by atoms with E-state index in [1.54, 1.807) is 11.8 Å². The number of hydrogen-bond donors (Lipinski definition) is 1. The van der Waals surface area contributed by atoms with Gasteiger partial charge in [0.1, 0.15) is 0 Å². The van der Waals surface area contributed by atoms with Gasteiger partial charge in [0.25, 0.3) is 0 Å². The Morgan fingerprint density at radius 3 is 2.62 bits per heavy atom. The van der Waals surface area contributed by atoms with E-state index in [0.717, 1.165) is 37.1 Å². The van der Waals surface area contributed by atoms with Gasteiger partial charge in [-0.1, -0.05) is 43.2 Å². The monoisotopic (exact) mass is 365 g/mol. The highest BCUT2D eigenvalue weighted by Gasteiger charge is 2.30. The predicted octanol–water partition coefficient (Wildman–Crippen LogP) is 5.51. The third-order valence-electron chi connectivity index (χ3n) is 5.30. The van der Waals surface area contributed by atoms with Crippen molar-refractivity contribution < 1.29 is 9.90 Å². The molecule has 1 heterocycles. The van der Waals surface area contributed by atoms with Crippen molar-refractivity contribution in [1.29, 1.82) is 0 Å². The largest absolute Gasteiger partial charge is 0.481 e. The van der Waals surface area contributed by atoms with Crippen LogP contribution in [0.3, 0.4) is 0 Å². The summed E-state index contributed by atoms with van der Waals surface area (Å²) in [5.41, 5.74) is 3.62. The third kappa shape index (κ3) is 3.51. The molecule has 0 saturated heterocycles. The van der Waals surface area contributed by atoms with Crippen LogP contribution in [0.5, 0.6) is 0 Å². The standard InChI is InChI=1S/C22H23NO2S/c24-22(25)19-6-2-4-8-21(19)26-15-16-9-11-18(12-10-16)23-14-13-17-5-1-3-7-20(17)23/h1,3,5,7,9-14,19,21H,2,4,6,8,15H2,(H,24,25). The highest BCUT2D eigenvalue weighted by atomic mass is 32.2. The molecule has 3 nitrogen and oxygen atoms in total. The van der Waals surface area contributed by atoms with Crippen molar-refractivity contribution in [1.82, 2.24) is 4.57 Å². The summed E-state index contributed by atoms with van der Waals surface area (Å²) in [6.45, 7) is 0. The second-order valence-corrected chi connectivity index (χ2v) is 8.22. The van der Waals surface area contributed by atoms with Gasteiger partial charge < -0.3 is 9.67 Å². The van der Waals surface area contributed by atoms with E-state index in [1.807, 2.05) is 0 Å². The molecular weight excluding hydrogens is 342 g/mol. The van der Waals surface area contributed by atoms with Crippen molar-refractivity contribution in [2.24, 2.45) is 5.92 Å². The summed E-state index contributed by atoms with van der Waals surface area (Å²) in [6.07, 6.45) is 6.16. The molecule has 0 spiro atoms. The van der Waals surface area contributed by atoms with Crippen LogP contribution in [0.1, 0.15) is 31.2 Å². The average molecular weight is 365 g/mol. The number of nitrogens with zero attached hydrogens (tertiary/aromatic N) is 1. The number of para-hydroxylation sites is 1. The highest BCUT2D eigenvalue weighted by Crippen LogP contribution is 2.35. The van der Waals surface area contributed by atoms with E-state index < -0.39 is 5.97 Å². The molecule has 134 valence electrons. The van der Waals surface area contributed by atoms with Crippen LogP contribution < -0.4 is 0 Å². The Morgan fingerprint density at radius 1 is 1.04 bits per heavy atom. The van der Waals surface area contributed by atoms with Gasteiger partial charge in [0.05, 0.1) is 11.4 Å². The Balaban J connectivity index is 1.45. The number of aliphatic carboxylic acids is 1. The molecule has 1 aliphatic rings. The maximum atomic E-state index is 11.4. The maximum Gasteiger partial charge on any atom is 0.307 e. The number of fused-ring (bicyclic) bond motifs is 1. The molecule has 2 unspecified atom stereocenters. The molecule has 4 heteroatoms. The lowest BCUT2D eigenvalue weighted by Gasteiger charge is -2.28. The lowest BCUT2D eigenvalue weighted by atomic mass is 9.89. The normalized spacial score (nSPS) is 20.3. The van der Waals surface area contributed by atoms with E-state index in [2.05, 4.69) is 65.4 Å². The molecule has 1 saturated carbocycles. The average Bonchev–Trinajstić information content (AvgIpc) is 3.11. The number of rotatable bonds is 5. The lowest BCUT2D eigenvalue weighted by molar-refractivity contribution is -0.142. The topological polar surface area (TPSA) is 42.2 Å². The van der Waals surface area contributed by atoms with Gasteiger partial charge >= 0.3 is 5.97 Å². The molecule has 2 atom stereocenters. The van der Waals surface area contributed by atoms with Gasteiger partial charge in [-0.05, 0) is 48.1 Å². The van der Waals surface area contributed by atoms with Crippen molar-refractivity contribution in [2.75, 3.05) is 0 Å². The SMILES string of the molecule is O=C(O)C1CCCCC1SCc1ccc(-n2ccc3ccccc32)cc1. The minimum atomic E-state index is -0.628. The fourth-order valence-electron chi connectivity index (χ4n) is 3.84. The summed E-state index contributed by atoms with van der Waals surface area (Å²) in [5, 5.41) is 10.9. The van der Waals surface area contributed by atoms with Crippen LogP contribution in [0.25, 0.3) is 16.6 Å². The van der Waals surface area contributed by atoms with Crippen LogP contribution in [-0.2, 0) is 10.5 Å². The van der Waals surface area contributed by atoms with Gasteiger partial charge in [0.2, 0.25) is 0 Å². The first-order chi connectivity index (χ1) is 12.7. The Hall–Kier alpha value is -2.20. The van der Waals surface area contributed by atoms with Crippen LogP contribution in [0, 0.1) is 5.92 Å². The summed E-state index contributed by atoms with van der Waals surface area (Å²) < 4.78 is 2.20. The number of aromatic nitrogens is 1. The molecule has 3 aromatic rings. The number of hydrogen-bond acceptors (Lipinski definition) is 2. The fraction of sp³-hybridized carbons (Fsp3) is 0.318. The summed E-state index contributed by atoms with van der Waals surface area (Å²) in [5.74, 6) is 0.0672. The number of carboxylic acids is 1. The second kappa shape index (κ2) is 7.58. The molecule has 26 heavy (non-hydrogen) atoms. The molecule has 0 radical (unpaired) electrons. The van der Waals surface area contributed by atoms with E-state index in [-0.39, 0.29) is 11.2 Å². The van der Waals surface area contributed by atoms with Crippen molar-refractivity contribution in [3.8, 4) is 5.69 Å². The molecule has 1 N–H and O–H groups in total. The van der Waals surface area contributed by atoms with E-state index in [1.165, 1.54) is 16.5 Å². The third-order valence-corrected chi connectivity index (χ3v) is 6.79. The van der Waals surface area contributed by atoms with Gasteiger partial charge in [-0.2, -0.15) is 11.8 Å². The summed E-state index contributed by atoms with van der Waals surface area (Å²) >= 11 is 1.81. The van der Waals surface area contributed by atoms with Crippen LogP contribution in [-0.4, -0.2) is 20.9 Å². The summed E-state index contributed by atoms with van der Waals surface area (Å²) in [7, 11) is 0. The lowest BCUT2D eigenvalue weighted by Crippen LogP contribution is -2.29. The van der Waals surface area contributed by atoms with Gasteiger partial charge in [-0.3, -0.25) is 4.79 Å². The zero-order valence-corrected chi connectivity index (χ0v) is 15.5. The first-order valence-electron chi connectivity index (χ1n) is 9.22. The van der Waals surface area contributed by atoms with E-state index in [9.17, 15) is 9.90 Å². The first-order valence-corrected chi connectivity index (χ1v) is 10.3. The van der Waals surface area contributed by atoms with E-state index in [4.69, 9.17) is 0 Å². The van der Waals surface area contributed by atoms with Crippen LogP contribution in [0.15, 0.2) is 60.8 Å². The Kier molecular flexibility index (Phi) is 5.02. The summed E-state index contributed by atoms with van der Waals surface area (Å²) in [4.78, 5) is 11.4. The maximum absolute atomic E-state index is 11.4. The predicted molar refractivity (Wildman–Crippen MR) is 108 cm³/mol. The van der Waals surface area contributed by atoms with Crippen molar-refractivity contribution in [2.45, 2.75) is 36.7 Å². The number of carboxylic acid groups (broad SMARTS) is 1. The first kappa shape index (κ1) is 17.2. The Bertz CT molecular complexity index is 900. The Labute approximate surface area is 158 Å². The summed E-state index contributed by atoms with van der Waals surface area (Å²) in [6, 6.07) is 19.1. The molecule has 1 aromatic heterocycles. The number of carbonyl (C=O) groups is 1. The number of benzene rings is 2. The smallest absolute Gasteiger partial charge is 0.307 e. The van der Waals surface area contributed by atoms with Crippen molar-refractivity contribution >= 4 is 28.6 Å². The van der Waals surface area contributed by atoms with Crippen LogP contribution in [0.2, 0.25) is 0 Å². The molecule has 0 bridgehead atoms. The second-order valence-electron chi connectivity index (χ2n) is 6.99. The van der Waals surface area contributed by atoms with Gasteiger partial charge in [-0.25, -0.2) is 0 Å². The molecule has 1 aliphatic carbocycles. The molecule has 4 rings (SSSR count). The number of thioether (sulfide) groups is 1. The molecule has 0 amide bonds. The molecule has 0 aliphatic heterocycles. The molecule has 2 aromatic carbocycles.